The van der Waals surface area contributed by atoms with Crippen molar-refractivity contribution in [3.05, 3.63) is 40.8 Å². The monoisotopic (exact) mass is 372 g/mol. The fourth-order valence-corrected chi connectivity index (χ4v) is 4.52. The second kappa shape index (κ2) is 7.27. The Kier molecular flexibility index (Phi) is 5.55. The van der Waals surface area contributed by atoms with Crippen molar-refractivity contribution in [1.82, 2.24) is 9.71 Å². The summed E-state index contributed by atoms with van der Waals surface area (Å²) in [4.78, 5) is 16.3. The molecule has 2 aromatic rings. The van der Waals surface area contributed by atoms with Gasteiger partial charge in [-0.1, -0.05) is 19.1 Å². The predicted molar refractivity (Wildman–Crippen MR) is 88.0 cm³/mol. The van der Waals surface area contributed by atoms with Crippen molar-refractivity contribution in [3.8, 4) is 5.75 Å². The fraction of sp³-hybridized carbons (Fsp3) is 0.333. The van der Waals surface area contributed by atoms with Gasteiger partial charge in [0.1, 0.15) is 0 Å². The Morgan fingerprint density at radius 2 is 2.04 bits per heavy atom. The molecule has 0 radical (unpaired) electrons. The molecule has 1 aromatic carbocycles. The van der Waals surface area contributed by atoms with Gasteiger partial charge in [-0.25, -0.2) is 22.5 Å². The molecule has 0 saturated heterocycles. The molecule has 24 heavy (non-hydrogen) atoms. The molecule has 6 nitrogen and oxygen atoms in total. The number of amides is 1. The number of nitrogens with one attached hydrogen (secondary N) is 1. The Labute approximate surface area is 143 Å². The molecular weight excluding hydrogens is 355 g/mol. The third-order valence-corrected chi connectivity index (χ3v) is 6.14. The summed E-state index contributed by atoms with van der Waals surface area (Å²) in [6.45, 7) is 4.87. The molecule has 0 bridgehead atoms. The van der Waals surface area contributed by atoms with Gasteiger partial charge in [-0.3, -0.25) is 4.79 Å². The number of halogens is 1. The van der Waals surface area contributed by atoms with Crippen LogP contribution in [0.15, 0.2) is 28.5 Å². The molecule has 1 heterocycles. The predicted octanol–water partition coefficient (Wildman–Crippen LogP) is 2.56. The number of rotatable bonds is 6. The average molecular weight is 372 g/mol. The zero-order valence-electron chi connectivity index (χ0n) is 13.4. The van der Waals surface area contributed by atoms with Crippen molar-refractivity contribution < 1.29 is 22.3 Å². The highest BCUT2D eigenvalue weighted by Gasteiger charge is 2.28. The standard InChI is InChI=1S/C15H17FN2O4S2/c1-4-12(22-13-8-6-5-7-11(13)16)14(19)18-24(20,21)15-9(2)17-10(3)23-15/h5-8,12H,4H2,1-3H3,(H,18,19)/t12-/m0/s1. The minimum Gasteiger partial charge on any atom is -0.478 e. The van der Waals surface area contributed by atoms with Crippen molar-refractivity contribution in [3.63, 3.8) is 0 Å². The van der Waals surface area contributed by atoms with E-state index in [0.29, 0.717) is 10.7 Å². The Bertz CT molecular complexity index is 849. The lowest BCUT2D eigenvalue weighted by Crippen LogP contribution is -2.41. The smallest absolute Gasteiger partial charge is 0.275 e. The minimum absolute atomic E-state index is 0.0194. The Hall–Kier alpha value is -2.00. The minimum atomic E-state index is -4.04. The van der Waals surface area contributed by atoms with Crippen molar-refractivity contribution in [2.45, 2.75) is 37.5 Å². The van der Waals surface area contributed by atoms with E-state index in [9.17, 15) is 17.6 Å². The SMILES string of the molecule is CC[C@H](Oc1ccccc1F)C(=O)NS(=O)(=O)c1sc(C)nc1C. The van der Waals surface area contributed by atoms with E-state index in [2.05, 4.69) is 4.98 Å². The highest BCUT2D eigenvalue weighted by atomic mass is 32.2. The van der Waals surface area contributed by atoms with Gasteiger partial charge >= 0.3 is 0 Å². The first-order valence-corrected chi connectivity index (χ1v) is 9.46. The first-order chi connectivity index (χ1) is 11.2. The third kappa shape index (κ3) is 4.09. The van der Waals surface area contributed by atoms with E-state index in [-0.39, 0.29) is 16.4 Å². The van der Waals surface area contributed by atoms with E-state index >= 15 is 0 Å². The zero-order valence-corrected chi connectivity index (χ0v) is 15.0. The molecule has 9 heteroatoms. The molecular formula is C15H17FN2O4S2. The summed E-state index contributed by atoms with van der Waals surface area (Å²) >= 11 is 0.974. The summed E-state index contributed by atoms with van der Waals surface area (Å²) in [5.74, 6) is -1.59. The number of carbonyl (C=O) groups is 1. The number of hydrogen-bond acceptors (Lipinski definition) is 6. The van der Waals surface area contributed by atoms with Crippen LogP contribution in [0.4, 0.5) is 4.39 Å². The van der Waals surface area contributed by atoms with Gasteiger partial charge in [-0.2, -0.15) is 0 Å². The number of carbonyl (C=O) groups excluding carboxylic acids is 1. The summed E-state index contributed by atoms with van der Waals surface area (Å²) in [6.07, 6.45) is -0.956. The van der Waals surface area contributed by atoms with Crippen LogP contribution < -0.4 is 9.46 Å². The van der Waals surface area contributed by atoms with E-state index in [4.69, 9.17) is 4.74 Å². The molecule has 0 unspecified atom stereocenters. The molecule has 0 aliphatic carbocycles. The Morgan fingerprint density at radius 3 is 2.58 bits per heavy atom. The maximum atomic E-state index is 13.6. The lowest BCUT2D eigenvalue weighted by atomic mass is 10.2. The highest BCUT2D eigenvalue weighted by Crippen LogP contribution is 2.23. The number of benzene rings is 1. The van der Waals surface area contributed by atoms with Gasteiger partial charge in [-0.05, 0) is 32.4 Å². The van der Waals surface area contributed by atoms with E-state index in [1.165, 1.54) is 18.2 Å². The highest BCUT2D eigenvalue weighted by molar-refractivity contribution is 7.92. The van der Waals surface area contributed by atoms with Crippen LogP contribution in [0, 0.1) is 19.7 Å². The first kappa shape index (κ1) is 18.3. The van der Waals surface area contributed by atoms with Crippen LogP contribution >= 0.6 is 11.3 Å². The largest absolute Gasteiger partial charge is 0.478 e. The Morgan fingerprint density at radius 1 is 1.38 bits per heavy atom. The fourth-order valence-electron chi connectivity index (χ4n) is 2.02. The molecule has 1 amide bonds. The van der Waals surface area contributed by atoms with Gasteiger partial charge in [0.25, 0.3) is 15.9 Å². The van der Waals surface area contributed by atoms with Crippen LogP contribution in [0.1, 0.15) is 24.0 Å². The van der Waals surface area contributed by atoms with Crippen molar-refractivity contribution in [1.29, 1.82) is 0 Å². The van der Waals surface area contributed by atoms with Gasteiger partial charge in [0.15, 0.2) is 21.9 Å². The maximum absolute atomic E-state index is 13.6. The van der Waals surface area contributed by atoms with E-state index in [1.54, 1.807) is 26.8 Å². The summed E-state index contributed by atoms with van der Waals surface area (Å²) in [6, 6.07) is 5.61. The Balaban J connectivity index is 2.17. The quantitative estimate of drug-likeness (QED) is 0.842. The van der Waals surface area contributed by atoms with Crippen LogP contribution in [-0.2, 0) is 14.8 Å². The van der Waals surface area contributed by atoms with Gasteiger partial charge in [0, 0.05) is 0 Å². The molecule has 0 saturated carbocycles. The maximum Gasteiger partial charge on any atom is 0.275 e. The van der Waals surface area contributed by atoms with Crippen molar-refractivity contribution in [2.75, 3.05) is 0 Å². The molecule has 0 aliphatic heterocycles. The topological polar surface area (TPSA) is 85.4 Å². The summed E-state index contributed by atoms with van der Waals surface area (Å²) in [7, 11) is -4.04. The van der Waals surface area contributed by atoms with Gasteiger partial charge in [0.2, 0.25) is 0 Å². The number of ether oxygens (including phenoxy) is 1. The first-order valence-electron chi connectivity index (χ1n) is 7.16. The number of aryl methyl sites for hydroxylation is 2. The third-order valence-electron chi connectivity index (χ3n) is 3.11. The van der Waals surface area contributed by atoms with Gasteiger partial charge < -0.3 is 4.74 Å². The lowest BCUT2D eigenvalue weighted by molar-refractivity contribution is -0.126. The molecule has 130 valence electrons. The lowest BCUT2D eigenvalue weighted by Gasteiger charge is -2.17. The van der Waals surface area contributed by atoms with Crippen LogP contribution in [0.25, 0.3) is 0 Å². The summed E-state index contributed by atoms with van der Waals surface area (Å²) in [5.41, 5.74) is 0.320. The number of aromatic nitrogens is 1. The summed E-state index contributed by atoms with van der Waals surface area (Å²) in [5, 5.41) is 0.579. The van der Waals surface area contributed by atoms with Crippen molar-refractivity contribution in [2.24, 2.45) is 0 Å². The number of hydrogen-bond donors (Lipinski definition) is 1. The van der Waals surface area contributed by atoms with E-state index < -0.39 is 27.9 Å². The second-order valence-corrected chi connectivity index (χ2v) is 8.10. The van der Waals surface area contributed by atoms with Gasteiger partial charge in [-0.15, -0.1) is 11.3 Å². The van der Waals surface area contributed by atoms with Gasteiger partial charge in [0.05, 0.1) is 10.7 Å². The molecule has 1 aromatic heterocycles. The normalized spacial score (nSPS) is 12.7. The van der Waals surface area contributed by atoms with E-state index in [0.717, 1.165) is 11.3 Å². The van der Waals surface area contributed by atoms with Crippen molar-refractivity contribution >= 4 is 27.3 Å². The number of thiazole rings is 1. The average Bonchev–Trinajstić information content (AvgIpc) is 2.85. The number of para-hydroxylation sites is 1. The molecule has 0 fully saturated rings. The van der Waals surface area contributed by atoms with Crippen LogP contribution in [0.3, 0.4) is 0 Å². The molecule has 0 spiro atoms. The number of sulfonamides is 1. The molecule has 2 rings (SSSR count). The molecule has 1 atom stereocenters. The molecule has 0 aliphatic rings. The summed E-state index contributed by atoms with van der Waals surface area (Å²) < 4.78 is 45.5. The van der Waals surface area contributed by atoms with Crippen LogP contribution in [0.2, 0.25) is 0 Å². The van der Waals surface area contributed by atoms with Crippen LogP contribution in [-0.4, -0.2) is 25.4 Å². The second-order valence-electron chi connectivity index (χ2n) is 5.02. The zero-order chi connectivity index (χ0) is 17.9. The van der Waals surface area contributed by atoms with E-state index in [1.807, 2.05) is 4.72 Å². The number of nitrogens with zero attached hydrogens (tertiary/aromatic N) is 1. The van der Waals surface area contributed by atoms with Crippen LogP contribution in [0.5, 0.6) is 5.75 Å². The molecule has 1 N–H and O–H groups in total.